The smallest absolute Gasteiger partial charge is 0.326 e. The van der Waals surface area contributed by atoms with E-state index in [1.807, 2.05) is 12.2 Å². The Kier molecular flexibility index (Phi) is 4.74. The Morgan fingerprint density at radius 1 is 1.04 bits per heavy atom. The van der Waals surface area contributed by atoms with E-state index in [-0.39, 0.29) is 17.4 Å². The first-order valence-corrected chi connectivity index (χ1v) is 7.92. The summed E-state index contributed by atoms with van der Waals surface area (Å²) in [6.45, 7) is -1.03. The van der Waals surface area contributed by atoms with Gasteiger partial charge in [-0.3, -0.25) is 24.1 Å². The Morgan fingerprint density at radius 2 is 1.60 bits per heavy atom. The fourth-order valence-corrected chi connectivity index (χ4v) is 3.06. The summed E-state index contributed by atoms with van der Waals surface area (Å²) in [5.74, 6) is -3.37. The van der Waals surface area contributed by atoms with Crippen LogP contribution in [0, 0.1) is 17.7 Å². The number of benzene rings is 1. The van der Waals surface area contributed by atoms with Gasteiger partial charge >= 0.3 is 5.97 Å². The fraction of sp³-hybridized carbons (Fsp3) is 0.333. The number of Topliss-reactive ketones (excluding diaryl/α,β-unsaturated/α-hetero) is 1. The summed E-state index contributed by atoms with van der Waals surface area (Å²) in [6, 6.07) is 4.84. The standard InChI is InChI=1S/C18H16FNO5/c19-12-7-5-11(6-8-12)15(21)10-25-16(22)9-20-17(23)13-3-1-2-4-14(13)18(20)24/h1-2,5-8,13-14H,3-4,9-10H2. The largest absolute Gasteiger partial charge is 0.456 e. The van der Waals surface area contributed by atoms with Gasteiger partial charge in [-0.2, -0.15) is 0 Å². The van der Waals surface area contributed by atoms with Crippen LogP contribution < -0.4 is 0 Å². The molecule has 2 amide bonds. The summed E-state index contributed by atoms with van der Waals surface area (Å²) >= 11 is 0. The van der Waals surface area contributed by atoms with E-state index in [4.69, 9.17) is 4.74 Å². The first kappa shape index (κ1) is 17.0. The molecule has 1 aromatic carbocycles. The Morgan fingerprint density at radius 3 is 2.16 bits per heavy atom. The van der Waals surface area contributed by atoms with E-state index < -0.39 is 42.6 Å². The normalized spacial score (nSPS) is 22.0. The Balaban J connectivity index is 1.54. The maximum atomic E-state index is 12.8. The van der Waals surface area contributed by atoms with Gasteiger partial charge in [-0.15, -0.1) is 0 Å². The summed E-state index contributed by atoms with van der Waals surface area (Å²) in [6.07, 6.45) is 4.69. The van der Waals surface area contributed by atoms with Crippen LogP contribution in [0.2, 0.25) is 0 Å². The second-order valence-corrected chi connectivity index (χ2v) is 6.01. The molecule has 1 aromatic rings. The number of imide groups is 1. The lowest BCUT2D eigenvalue weighted by Gasteiger charge is -2.14. The van der Waals surface area contributed by atoms with Gasteiger partial charge < -0.3 is 4.74 Å². The predicted molar refractivity (Wildman–Crippen MR) is 83.8 cm³/mol. The van der Waals surface area contributed by atoms with Gasteiger partial charge in [0, 0.05) is 5.56 Å². The third-order valence-corrected chi connectivity index (χ3v) is 4.42. The van der Waals surface area contributed by atoms with Crippen molar-refractivity contribution in [1.82, 2.24) is 4.90 Å². The third kappa shape index (κ3) is 3.50. The highest BCUT2D eigenvalue weighted by Gasteiger charge is 2.47. The van der Waals surface area contributed by atoms with Crippen LogP contribution in [0.5, 0.6) is 0 Å². The maximum absolute atomic E-state index is 12.8. The number of nitrogens with zero attached hydrogens (tertiary/aromatic N) is 1. The van der Waals surface area contributed by atoms with Crippen molar-refractivity contribution in [3.63, 3.8) is 0 Å². The lowest BCUT2D eigenvalue weighted by atomic mass is 9.85. The highest BCUT2D eigenvalue weighted by molar-refractivity contribution is 6.07. The quantitative estimate of drug-likeness (QED) is 0.350. The van der Waals surface area contributed by atoms with Crippen molar-refractivity contribution < 1.29 is 28.3 Å². The van der Waals surface area contributed by atoms with Crippen molar-refractivity contribution >= 4 is 23.6 Å². The molecule has 0 N–H and O–H groups in total. The van der Waals surface area contributed by atoms with E-state index in [0.29, 0.717) is 12.8 Å². The van der Waals surface area contributed by atoms with Gasteiger partial charge in [0.1, 0.15) is 12.4 Å². The highest BCUT2D eigenvalue weighted by atomic mass is 19.1. The summed E-state index contributed by atoms with van der Waals surface area (Å²) in [7, 11) is 0. The van der Waals surface area contributed by atoms with E-state index in [1.165, 1.54) is 12.1 Å². The van der Waals surface area contributed by atoms with Gasteiger partial charge in [-0.1, -0.05) is 12.2 Å². The Bertz CT molecular complexity index is 729. The number of ketones is 1. The molecule has 7 heteroatoms. The molecule has 1 saturated heterocycles. The lowest BCUT2D eigenvalue weighted by Crippen LogP contribution is -2.37. The molecule has 1 aliphatic carbocycles. The van der Waals surface area contributed by atoms with Gasteiger partial charge in [-0.25, -0.2) is 4.39 Å². The molecule has 3 rings (SSSR count). The second-order valence-electron chi connectivity index (χ2n) is 6.01. The molecule has 2 atom stereocenters. The van der Waals surface area contributed by atoms with E-state index >= 15 is 0 Å². The summed E-state index contributed by atoms with van der Waals surface area (Å²) in [4.78, 5) is 49.2. The number of amides is 2. The van der Waals surface area contributed by atoms with Crippen molar-refractivity contribution in [3.8, 4) is 0 Å². The van der Waals surface area contributed by atoms with E-state index in [0.717, 1.165) is 17.0 Å². The molecule has 1 heterocycles. The van der Waals surface area contributed by atoms with Crippen LogP contribution in [-0.4, -0.2) is 41.6 Å². The number of likely N-dealkylation sites (tertiary alicyclic amines) is 1. The van der Waals surface area contributed by atoms with Gasteiger partial charge in [0.15, 0.2) is 12.4 Å². The molecule has 130 valence electrons. The molecular formula is C18H16FNO5. The Hall–Kier alpha value is -2.83. The SMILES string of the molecule is O=C(CN1C(=O)C2CC=CCC2C1=O)OCC(=O)c1ccc(F)cc1. The van der Waals surface area contributed by atoms with Crippen LogP contribution in [0.15, 0.2) is 36.4 Å². The summed E-state index contributed by atoms with van der Waals surface area (Å²) in [5, 5.41) is 0. The molecule has 0 aromatic heterocycles. The molecule has 0 radical (unpaired) electrons. The van der Waals surface area contributed by atoms with Crippen molar-refractivity contribution in [3.05, 3.63) is 47.8 Å². The molecule has 6 nitrogen and oxygen atoms in total. The topological polar surface area (TPSA) is 80.8 Å². The number of carbonyl (C=O) groups excluding carboxylic acids is 4. The molecular weight excluding hydrogens is 329 g/mol. The summed E-state index contributed by atoms with van der Waals surface area (Å²) < 4.78 is 17.7. The van der Waals surface area contributed by atoms with Crippen LogP contribution in [0.25, 0.3) is 0 Å². The fourth-order valence-electron chi connectivity index (χ4n) is 3.06. The minimum atomic E-state index is -0.830. The molecule has 0 bridgehead atoms. The van der Waals surface area contributed by atoms with Crippen LogP contribution >= 0.6 is 0 Å². The number of fused-ring (bicyclic) bond motifs is 1. The number of halogens is 1. The van der Waals surface area contributed by atoms with Gasteiger partial charge in [0.2, 0.25) is 11.8 Å². The van der Waals surface area contributed by atoms with Crippen molar-refractivity contribution in [1.29, 1.82) is 0 Å². The van der Waals surface area contributed by atoms with Crippen LogP contribution in [0.1, 0.15) is 23.2 Å². The van der Waals surface area contributed by atoms with Gasteiger partial charge in [0.25, 0.3) is 0 Å². The number of carbonyl (C=O) groups is 4. The zero-order valence-electron chi connectivity index (χ0n) is 13.3. The number of esters is 1. The maximum Gasteiger partial charge on any atom is 0.326 e. The molecule has 1 aliphatic heterocycles. The van der Waals surface area contributed by atoms with E-state index in [9.17, 15) is 23.6 Å². The summed E-state index contributed by atoms with van der Waals surface area (Å²) in [5.41, 5.74) is 0.208. The van der Waals surface area contributed by atoms with Crippen LogP contribution in [0.4, 0.5) is 4.39 Å². The molecule has 25 heavy (non-hydrogen) atoms. The van der Waals surface area contributed by atoms with E-state index in [2.05, 4.69) is 0 Å². The number of ether oxygens (including phenoxy) is 1. The first-order valence-electron chi connectivity index (χ1n) is 7.92. The number of rotatable bonds is 5. The molecule has 1 fully saturated rings. The van der Waals surface area contributed by atoms with E-state index in [1.54, 1.807) is 0 Å². The third-order valence-electron chi connectivity index (χ3n) is 4.42. The highest BCUT2D eigenvalue weighted by Crippen LogP contribution is 2.34. The zero-order valence-corrected chi connectivity index (χ0v) is 13.3. The number of hydrogen-bond donors (Lipinski definition) is 0. The molecule has 0 saturated carbocycles. The first-order chi connectivity index (χ1) is 12.0. The molecule has 0 spiro atoms. The predicted octanol–water partition coefficient (Wildman–Crippen LogP) is 1.50. The Labute approximate surface area is 143 Å². The van der Waals surface area contributed by atoms with Crippen LogP contribution in [-0.2, 0) is 19.1 Å². The minimum absolute atomic E-state index is 0.208. The average molecular weight is 345 g/mol. The van der Waals surface area contributed by atoms with Crippen molar-refractivity contribution in [2.75, 3.05) is 13.2 Å². The van der Waals surface area contributed by atoms with Gasteiger partial charge in [0.05, 0.1) is 11.8 Å². The lowest BCUT2D eigenvalue weighted by molar-refractivity contribution is -0.152. The van der Waals surface area contributed by atoms with Crippen molar-refractivity contribution in [2.24, 2.45) is 11.8 Å². The average Bonchev–Trinajstić information content (AvgIpc) is 2.86. The zero-order chi connectivity index (χ0) is 18.0. The monoisotopic (exact) mass is 345 g/mol. The minimum Gasteiger partial charge on any atom is -0.456 e. The number of allylic oxidation sites excluding steroid dienone is 2. The number of hydrogen-bond acceptors (Lipinski definition) is 5. The van der Waals surface area contributed by atoms with Crippen LogP contribution in [0.3, 0.4) is 0 Å². The van der Waals surface area contributed by atoms with Gasteiger partial charge in [-0.05, 0) is 37.1 Å². The molecule has 2 unspecified atom stereocenters. The molecule has 2 aliphatic rings. The second kappa shape index (κ2) is 6.96. The van der Waals surface area contributed by atoms with Crippen molar-refractivity contribution in [2.45, 2.75) is 12.8 Å².